The molecule has 2 unspecified atom stereocenters. The molecule has 0 radical (unpaired) electrons. The molecule has 84 valence electrons. The second-order valence-corrected chi connectivity index (χ2v) is 3.62. The maximum absolute atomic E-state index is 13.3. The van der Waals surface area contributed by atoms with Crippen LogP contribution in [-0.4, -0.2) is 22.2 Å². The molecule has 0 aliphatic carbocycles. The van der Waals surface area contributed by atoms with Gasteiger partial charge < -0.3 is 10.2 Å². The topological polar surface area (TPSA) is 40.5 Å². The van der Waals surface area contributed by atoms with Crippen molar-refractivity contribution in [2.45, 2.75) is 12.2 Å². The van der Waals surface area contributed by atoms with Gasteiger partial charge in [0.2, 0.25) is 0 Å². The smallest absolute Gasteiger partial charge is 0.150 e. The lowest BCUT2D eigenvalue weighted by atomic mass is 10.0. The fourth-order valence-electron chi connectivity index (χ4n) is 1.06. The van der Waals surface area contributed by atoms with E-state index in [0.717, 1.165) is 12.1 Å². The largest absolute Gasteiger partial charge is 0.389 e. The average Bonchev–Trinajstić information content (AvgIpc) is 2.24. The molecule has 1 rings (SSSR count). The van der Waals surface area contributed by atoms with Crippen molar-refractivity contribution >= 4 is 23.2 Å². The van der Waals surface area contributed by atoms with E-state index in [-0.39, 0.29) is 11.4 Å². The summed E-state index contributed by atoms with van der Waals surface area (Å²) in [5.74, 6) is -2.28. The monoisotopic (exact) mass is 256 g/mol. The molecule has 0 saturated carbocycles. The first-order chi connectivity index (χ1) is 6.99. The molecule has 2 nitrogen and oxygen atoms in total. The van der Waals surface area contributed by atoms with Crippen molar-refractivity contribution < 1.29 is 19.0 Å². The summed E-state index contributed by atoms with van der Waals surface area (Å²) in [7, 11) is 0. The predicted octanol–water partition coefficient (Wildman–Crippen LogP) is 2.25. The first kappa shape index (κ1) is 12.6. The Labute approximate surface area is 95.1 Å². The molecule has 1 aromatic rings. The lowest BCUT2D eigenvalue weighted by Gasteiger charge is -2.16. The number of benzene rings is 1. The van der Waals surface area contributed by atoms with Crippen LogP contribution in [0.2, 0.25) is 5.02 Å². The van der Waals surface area contributed by atoms with Crippen LogP contribution in [0.4, 0.5) is 8.78 Å². The first-order valence-electron chi connectivity index (χ1n) is 4.04. The molecule has 0 aromatic heterocycles. The number of hydrogen-bond acceptors (Lipinski definition) is 2. The van der Waals surface area contributed by atoms with Gasteiger partial charge in [-0.05, 0) is 6.07 Å². The van der Waals surface area contributed by atoms with Gasteiger partial charge in [0.05, 0.1) is 12.0 Å². The lowest BCUT2D eigenvalue weighted by molar-refractivity contribution is 0.0304. The van der Waals surface area contributed by atoms with E-state index in [9.17, 15) is 19.0 Å². The number of aliphatic hydroxyl groups excluding tert-OH is 2. The van der Waals surface area contributed by atoms with Gasteiger partial charge in [-0.1, -0.05) is 17.7 Å². The molecule has 0 amide bonds. The van der Waals surface area contributed by atoms with E-state index in [0.29, 0.717) is 0 Å². The van der Waals surface area contributed by atoms with Gasteiger partial charge in [-0.25, -0.2) is 8.78 Å². The van der Waals surface area contributed by atoms with E-state index in [1.54, 1.807) is 0 Å². The third kappa shape index (κ3) is 2.58. The Balaban J connectivity index is 3.10. The fourth-order valence-corrected chi connectivity index (χ4v) is 1.40. The Morgan fingerprint density at radius 3 is 2.40 bits per heavy atom. The summed E-state index contributed by atoms with van der Waals surface area (Å²) in [5.41, 5.74) is -0.283. The van der Waals surface area contributed by atoms with E-state index >= 15 is 0 Å². The summed E-state index contributed by atoms with van der Waals surface area (Å²) in [5, 5.41) is 17.9. The highest BCUT2D eigenvalue weighted by Crippen LogP contribution is 2.27. The van der Waals surface area contributed by atoms with Gasteiger partial charge in [0.15, 0.2) is 5.82 Å². The molecule has 0 heterocycles. The van der Waals surface area contributed by atoms with E-state index < -0.39 is 28.9 Å². The molecular formula is C9H8Cl2F2O2. The van der Waals surface area contributed by atoms with E-state index in [1.165, 1.54) is 0 Å². The average molecular weight is 257 g/mol. The Kier molecular flexibility index (Phi) is 4.28. The summed E-state index contributed by atoms with van der Waals surface area (Å²) in [6.07, 6.45) is -2.86. The van der Waals surface area contributed by atoms with Crippen LogP contribution in [0.1, 0.15) is 11.7 Å². The third-order valence-electron chi connectivity index (χ3n) is 1.91. The molecule has 0 spiro atoms. The maximum Gasteiger partial charge on any atom is 0.150 e. The van der Waals surface area contributed by atoms with Crippen LogP contribution in [-0.2, 0) is 0 Å². The van der Waals surface area contributed by atoms with Crippen molar-refractivity contribution in [1.29, 1.82) is 0 Å². The summed E-state index contributed by atoms with van der Waals surface area (Å²) < 4.78 is 26.1. The maximum atomic E-state index is 13.3. The van der Waals surface area contributed by atoms with Gasteiger partial charge in [0.25, 0.3) is 0 Å². The van der Waals surface area contributed by atoms with Crippen molar-refractivity contribution in [3.63, 3.8) is 0 Å². The molecule has 2 atom stereocenters. The first-order valence-corrected chi connectivity index (χ1v) is 4.95. The van der Waals surface area contributed by atoms with Crippen molar-refractivity contribution in [3.05, 3.63) is 34.4 Å². The van der Waals surface area contributed by atoms with Crippen LogP contribution in [0.3, 0.4) is 0 Å². The zero-order chi connectivity index (χ0) is 11.6. The van der Waals surface area contributed by atoms with E-state index in [1.807, 2.05) is 0 Å². The number of alkyl halides is 1. The molecule has 0 saturated heterocycles. The third-order valence-corrected chi connectivity index (χ3v) is 2.57. The second-order valence-electron chi connectivity index (χ2n) is 2.93. The SMILES string of the molecule is OC(CCl)C(O)c1ccc(F)c(Cl)c1F. The second kappa shape index (κ2) is 5.07. The molecule has 15 heavy (non-hydrogen) atoms. The number of rotatable bonds is 3. The molecule has 0 aliphatic rings. The van der Waals surface area contributed by atoms with E-state index in [4.69, 9.17) is 23.2 Å². The van der Waals surface area contributed by atoms with Crippen LogP contribution < -0.4 is 0 Å². The Bertz CT molecular complexity index is 360. The predicted molar refractivity (Wildman–Crippen MR) is 53.1 cm³/mol. The highest BCUT2D eigenvalue weighted by Gasteiger charge is 2.23. The normalized spacial score (nSPS) is 15.1. The molecular weight excluding hydrogens is 249 g/mol. The van der Waals surface area contributed by atoms with Crippen LogP contribution in [0.25, 0.3) is 0 Å². The molecule has 1 aromatic carbocycles. The van der Waals surface area contributed by atoms with Crippen molar-refractivity contribution in [2.24, 2.45) is 0 Å². The lowest BCUT2D eigenvalue weighted by Crippen LogP contribution is -2.21. The summed E-state index contributed by atoms with van der Waals surface area (Å²) in [6, 6.07) is 1.92. The minimum atomic E-state index is -1.53. The summed E-state index contributed by atoms with van der Waals surface area (Å²) in [6.45, 7) is 0. The standard InChI is InChI=1S/C9H8Cl2F2O2/c10-3-6(14)9(15)4-1-2-5(12)7(11)8(4)13/h1-2,6,9,14-15H,3H2. The zero-order valence-corrected chi connectivity index (χ0v) is 8.93. The van der Waals surface area contributed by atoms with Crippen molar-refractivity contribution in [2.75, 3.05) is 5.88 Å². The highest BCUT2D eigenvalue weighted by atomic mass is 35.5. The highest BCUT2D eigenvalue weighted by molar-refractivity contribution is 6.30. The summed E-state index contributed by atoms with van der Waals surface area (Å²) >= 11 is 10.6. The van der Waals surface area contributed by atoms with Crippen LogP contribution in [0.15, 0.2) is 12.1 Å². The van der Waals surface area contributed by atoms with Gasteiger partial charge in [-0.15, -0.1) is 11.6 Å². The minimum absolute atomic E-state index is 0.268. The van der Waals surface area contributed by atoms with Crippen LogP contribution in [0.5, 0.6) is 0 Å². The number of halogens is 4. The van der Waals surface area contributed by atoms with Gasteiger partial charge in [-0.2, -0.15) is 0 Å². The molecule has 2 N–H and O–H groups in total. The van der Waals surface area contributed by atoms with Crippen molar-refractivity contribution in [1.82, 2.24) is 0 Å². The molecule has 0 aliphatic heterocycles. The number of aliphatic hydroxyl groups is 2. The Hall–Kier alpha value is -0.420. The fraction of sp³-hybridized carbons (Fsp3) is 0.333. The van der Waals surface area contributed by atoms with Gasteiger partial charge in [-0.3, -0.25) is 0 Å². The summed E-state index contributed by atoms with van der Waals surface area (Å²) in [4.78, 5) is 0. The van der Waals surface area contributed by atoms with Gasteiger partial charge in [0, 0.05) is 5.56 Å². The van der Waals surface area contributed by atoms with Crippen LogP contribution >= 0.6 is 23.2 Å². The quantitative estimate of drug-likeness (QED) is 0.644. The Morgan fingerprint density at radius 1 is 1.27 bits per heavy atom. The molecule has 6 heteroatoms. The van der Waals surface area contributed by atoms with Crippen molar-refractivity contribution in [3.8, 4) is 0 Å². The zero-order valence-electron chi connectivity index (χ0n) is 7.42. The van der Waals surface area contributed by atoms with Gasteiger partial charge >= 0.3 is 0 Å². The van der Waals surface area contributed by atoms with Gasteiger partial charge in [0.1, 0.15) is 16.9 Å². The Morgan fingerprint density at radius 2 is 1.87 bits per heavy atom. The number of hydrogen-bond donors (Lipinski definition) is 2. The molecule has 0 fully saturated rings. The molecule has 0 bridgehead atoms. The van der Waals surface area contributed by atoms with Crippen LogP contribution in [0, 0.1) is 11.6 Å². The van der Waals surface area contributed by atoms with E-state index in [2.05, 4.69) is 0 Å². The minimum Gasteiger partial charge on any atom is -0.389 e.